The molecule has 9 nitrogen and oxygen atoms in total. The van der Waals surface area contributed by atoms with Crippen molar-refractivity contribution < 1.29 is 19.4 Å². The molecule has 1 amide bonds. The number of nitrogens with one attached hydrogen (secondary N) is 1. The predicted octanol–water partition coefficient (Wildman–Crippen LogP) is 2.10. The Morgan fingerprint density at radius 3 is 2.60 bits per heavy atom. The molecule has 0 aromatic carbocycles. The van der Waals surface area contributed by atoms with E-state index in [-0.39, 0.29) is 17.5 Å². The summed E-state index contributed by atoms with van der Waals surface area (Å²) in [6, 6.07) is 0.0375. The van der Waals surface area contributed by atoms with Crippen molar-refractivity contribution in [3.05, 3.63) is 33.8 Å². The van der Waals surface area contributed by atoms with Crippen molar-refractivity contribution in [3.8, 4) is 5.88 Å². The van der Waals surface area contributed by atoms with E-state index in [9.17, 15) is 19.5 Å². The molecular formula is C21H28N4O5. The Morgan fingerprint density at radius 1 is 1.37 bits per heavy atom. The van der Waals surface area contributed by atoms with Crippen molar-refractivity contribution in [2.75, 3.05) is 0 Å². The minimum atomic E-state index is -0.711. The van der Waals surface area contributed by atoms with Gasteiger partial charge in [0, 0.05) is 24.2 Å². The Kier molecular flexibility index (Phi) is 5.74. The SMILES string of the molecule is CC(C)Cn1c(O)c(C(=O)NC2CC2)c(=O)n2ncc(/C=C/C(=O)OC(C)(C)C)c12. The molecule has 0 atom stereocenters. The molecule has 9 heteroatoms. The largest absolute Gasteiger partial charge is 0.494 e. The zero-order valence-corrected chi connectivity index (χ0v) is 17.9. The number of fused-ring (bicyclic) bond motifs is 1. The second-order valence-corrected chi connectivity index (χ2v) is 8.96. The number of aromatic nitrogens is 3. The lowest BCUT2D eigenvalue weighted by Gasteiger charge is -2.18. The van der Waals surface area contributed by atoms with Crippen molar-refractivity contribution in [1.82, 2.24) is 19.5 Å². The normalized spacial score (nSPS) is 14.6. The number of hydrogen-bond donors (Lipinski definition) is 2. The summed E-state index contributed by atoms with van der Waals surface area (Å²) in [6.07, 6.45) is 5.86. The quantitative estimate of drug-likeness (QED) is 0.551. The van der Waals surface area contributed by atoms with Crippen LogP contribution in [0.4, 0.5) is 0 Å². The number of rotatable bonds is 6. The number of amides is 1. The number of esters is 1. The lowest BCUT2D eigenvalue weighted by atomic mass is 10.2. The van der Waals surface area contributed by atoms with Crippen LogP contribution in [0.25, 0.3) is 11.7 Å². The van der Waals surface area contributed by atoms with Gasteiger partial charge in [-0.15, -0.1) is 0 Å². The Morgan fingerprint density at radius 2 is 2.03 bits per heavy atom. The maximum absolute atomic E-state index is 12.9. The molecule has 3 rings (SSSR count). The van der Waals surface area contributed by atoms with Crippen LogP contribution in [-0.4, -0.2) is 42.8 Å². The van der Waals surface area contributed by atoms with Crippen LogP contribution >= 0.6 is 0 Å². The number of nitrogens with zero attached hydrogens (tertiary/aromatic N) is 3. The van der Waals surface area contributed by atoms with E-state index in [2.05, 4.69) is 10.4 Å². The lowest BCUT2D eigenvalue weighted by molar-refractivity contribution is -0.148. The molecule has 30 heavy (non-hydrogen) atoms. The molecule has 2 N–H and O–H groups in total. The van der Waals surface area contributed by atoms with Gasteiger partial charge in [-0.05, 0) is 45.6 Å². The lowest BCUT2D eigenvalue weighted by Crippen LogP contribution is -2.34. The van der Waals surface area contributed by atoms with Gasteiger partial charge in [0.1, 0.15) is 11.2 Å². The molecular weight excluding hydrogens is 388 g/mol. The fourth-order valence-corrected chi connectivity index (χ4v) is 3.04. The average Bonchev–Trinajstić information content (AvgIpc) is 3.31. The van der Waals surface area contributed by atoms with Gasteiger partial charge >= 0.3 is 5.97 Å². The Bertz CT molecular complexity index is 1070. The average molecular weight is 416 g/mol. The van der Waals surface area contributed by atoms with E-state index in [4.69, 9.17) is 4.74 Å². The summed E-state index contributed by atoms with van der Waals surface area (Å²) in [5, 5.41) is 17.7. The van der Waals surface area contributed by atoms with Gasteiger partial charge in [0.05, 0.1) is 6.20 Å². The van der Waals surface area contributed by atoms with E-state index in [1.54, 1.807) is 20.8 Å². The maximum atomic E-state index is 12.9. The molecule has 2 aromatic rings. The van der Waals surface area contributed by atoms with Crippen LogP contribution in [0.1, 0.15) is 63.4 Å². The summed E-state index contributed by atoms with van der Waals surface area (Å²) in [5.74, 6) is -1.45. The molecule has 1 saturated carbocycles. The molecule has 0 unspecified atom stereocenters. The summed E-state index contributed by atoms with van der Waals surface area (Å²) in [7, 11) is 0. The molecule has 0 saturated heterocycles. The van der Waals surface area contributed by atoms with Gasteiger partial charge in [0.15, 0.2) is 5.56 Å². The molecule has 0 radical (unpaired) electrons. The predicted molar refractivity (Wildman–Crippen MR) is 111 cm³/mol. The smallest absolute Gasteiger partial charge is 0.331 e. The van der Waals surface area contributed by atoms with Gasteiger partial charge < -0.3 is 15.2 Å². The van der Waals surface area contributed by atoms with Crippen molar-refractivity contribution >= 4 is 23.6 Å². The summed E-state index contributed by atoms with van der Waals surface area (Å²) in [4.78, 5) is 37.5. The molecule has 2 heterocycles. The minimum absolute atomic E-state index is 0.0375. The van der Waals surface area contributed by atoms with Gasteiger partial charge in [-0.3, -0.25) is 14.2 Å². The first-order chi connectivity index (χ1) is 14.0. The van der Waals surface area contributed by atoms with E-state index in [1.165, 1.54) is 22.9 Å². The van der Waals surface area contributed by atoms with Crippen LogP contribution in [0.2, 0.25) is 0 Å². The topological polar surface area (TPSA) is 115 Å². The number of carbonyl (C=O) groups is 2. The number of carbonyl (C=O) groups excluding carboxylic acids is 2. The first kappa shape index (κ1) is 21.6. The molecule has 0 aliphatic heterocycles. The first-order valence-corrected chi connectivity index (χ1v) is 10.0. The van der Waals surface area contributed by atoms with E-state index in [0.29, 0.717) is 17.8 Å². The van der Waals surface area contributed by atoms with E-state index in [0.717, 1.165) is 17.4 Å². The van der Waals surface area contributed by atoms with Gasteiger partial charge in [-0.25, -0.2) is 4.79 Å². The fraction of sp³-hybridized carbons (Fsp3) is 0.524. The fourth-order valence-electron chi connectivity index (χ4n) is 3.04. The Balaban J connectivity index is 2.10. The van der Waals surface area contributed by atoms with Crippen molar-refractivity contribution in [3.63, 3.8) is 0 Å². The number of hydrogen-bond acceptors (Lipinski definition) is 6. The van der Waals surface area contributed by atoms with Crippen LogP contribution < -0.4 is 10.9 Å². The zero-order valence-electron chi connectivity index (χ0n) is 17.9. The van der Waals surface area contributed by atoms with E-state index in [1.807, 2.05) is 13.8 Å². The van der Waals surface area contributed by atoms with Gasteiger partial charge in [0.25, 0.3) is 11.5 Å². The Hall–Kier alpha value is -3.10. The summed E-state index contributed by atoms with van der Waals surface area (Å²) in [5.41, 5.74) is -0.930. The minimum Gasteiger partial charge on any atom is -0.494 e. The molecule has 1 aliphatic carbocycles. The number of ether oxygens (including phenoxy) is 1. The molecule has 162 valence electrons. The van der Waals surface area contributed by atoms with E-state index >= 15 is 0 Å². The third-order valence-electron chi connectivity index (χ3n) is 4.41. The van der Waals surface area contributed by atoms with Gasteiger partial charge in [-0.2, -0.15) is 9.61 Å². The second kappa shape index (κ2) is 7.97. The molecule has 2 aromatic heterocycles. The van der Waals surface area contributed by atoms with E-state index < -0.39 is 28.9 Å². The zero-order chi connectivity index (χ0) is 22.2. The van der Waals surface area contributed by atoms with Crippen LogP contribution in [0.5, 0.6) is 5.88 Å². The highest BCUT2D eigenvalue weighted by atomic mass is 16.6. The Labute approximate surface area is 174 Å². The highest BCUT2D eigenvalue weighted by Gasteiger charge is 2.29. The molecule has 1 aliphatic rings. The molecule has 0 spiro atoms. The molecule has 1 fully saturated rings. The molecule has 0 bridgehead atoms. The second-order valence-electron chi connectivity index (χ2n) is 8.96. The third kappa shape index (κ3) is 4.72. The monoisotopic (exact) mass is 416 g/mol. The van der Waals surface area contributed by atoms with Crippen molar-refractivity contribution in [2.45, 2.75) is 65.6 Å². The summed E-state index contributed by atoms with van der Waals surface area (Å²) in [6.45, 7) is 9.54. The van der Waals surface area contributed by atoms with Crippen LogP contribution in [0, 0.1) is 5.92 Å². The van der Waals surface area contributed by atoms with Gasteiger partial charge in [0.2, 0.25) is 5.88 Å². The highest BCUT2D eigenvalue weighted by molar-refractivity contribution is 5.97. The third-order valence-corrected chi connectivity index (χ3v) is 4.41. The van der Waals surface area contributed by atoms with Crippen LogP contribution in [0.3, 0.4) is 0 Å². The van der Waals surface area contributed by atoms with Crippen molar-refractivity contribution in [2.24, 2.45) is 5.92 Å². The first-order valence-electron chi connectivity index (χ1n) is 10.0. The van der Waals surface area contributed by atoms with Crippen LogP contribution in [0.15, 0.2) is 17.1 Å². The standard InChI is InChI=1S/C21H28N4O5/c1-12(2)11-24-18-13(6-9-15(26)30-21(3,4)5)10-22-25(18)20(29)16(19(24)28)17(27)23-14-7-8-14/h6,9-10,12,14,28H,7-8,11H2,1-5H3,(H,23,27)/b9-6+. The van der Waals surface area contributed by atoms with Crippen LogP contribution in [-0.2, 0) is 16.1 Å². The highest BCUT2D eigenvalue weighted by Crippen LogP contribution is 2.24. The number of aromatic hydroxyl groups is 1. The summed E-state index contributed by atoms with van der Waals surface area (Å²) < 4.78 is 7.82. The maximum Gasteiger partial charge on any atom is 0.331 e. The summed E-state index contributed by atoms with van der Waals surface area (Å²) >= 11 is 0. The van der Waals surface area contributed by atoms with Gasteiger partial charge in [-0.1, -0.05) is 13.8 Å². The van der Waals surface area contributed by atoms with Crippen molar-refractivity contribution in [1.29, 1.82) is 0 Å².